The first kappa shape index (κ1) is 12.9. The number of ether oxygens (including phenoxy) is 1. The number of piperidine rings is 1. The minimum atomic E-state index is -0.916. The Morgan fingerprint density at radius 1 is 1.40 bits per heavy atom. The summed E-state index contributed by atoms with van der Waals surface area (Å²) < 4.78 is 7.05. The summed E-state index contributed by atoms with van der Waals surface area (Å²) in [5.41, 5.74) is 0.826. The maximum Gasteiger partial charge on any atom is 0.329 e. The summed E-state index contributed by atoms with van der Waals surface area (Å²) in [5, 5.41) is 12.7. The van der Waals surface area contributed by atoms with Crippen molar-refractivity contribution in [2.24, 2.45) is 0 Å². The van der Waals surface area contributed by atoms with Crippen LogP contribution >= 0.6 is 0 Å². The zero-order valence-electron chi connectivity index (χ0n) is 11.0. The van der Waals surface area contributed by atoms with Crippen LogP contribution in [0.5, 0.6) is 0 Å². The largest absolute Gasteiger partial charge is 0.480 e. The van der Waals surface area contributed by atoms with E-state index in [9.17, 15) is 4.79 Å². The number of hydrogen-bond donors (Lipinski definition) is 1. The lowest BCUT2D eigenvalue weighted by Crippen LogP contribution is -2.38. The molecule has 0 aromatic carbocycles. The van der Waals surface area contributed by atoms with Gasteiger partial charge in [0, 0.05) is 25.4 Å². The lowest BCUT2D eigenvalue weighted by Gasteiger charge is -2.32. The van der Waals surface area contributed by atoms with Gasteiger partial charge in [-0.2, -0.15) is 5.10 Å². The van der Waals surface area contributed by atoms with Crippen LogP contribution in [-0.4, -0.2) is 51.5 Å². The van der Waals surface area contributed by atoms with Crippen molar-refractivity contribution in [1.82, 2.24) is 14.6 Å². The van der Waals surface area contributed by atoms with E-state index in [0.29, 0.717) is 0 Å². The van der Waals surface area contributed by atoms with Crippen molar-refractivity contribution in [3.05, 3.63) is 24.5 Å². The average molecular weight is 276 g/mol. The monoisotopic (exact) mass is 276 g/mol. The van der Waals surface area contributed by atoms with Crippen molar-refractivity contribution in [3.63, 3.8) is 0 Å². The molecule has 2 aromatic rings. The smallest absolute Gasteiger partial charge is 0.329 e. The third-order valence-corrected chi connectivity index (χ3v) is 3.45. The van der Waals surface area contributed by atoms with Gasteiger partial charge in [-0.1, -0.05) is 0 Å². The molecular weight excluding hydrogens is 260 g/mol. The first-order chi connectivity index (χ1) is 9.72. The highest BCUT2D eigenvalue weighted by Gasteiger charge is 2.21. The minimum absolute atomic E-state index is 0.0287. The van der Waals surface area contributed by atoms with Crippen LogP contribution in [0.3, 0.4) is 0 Å². The summed E-state index contributed by atoms with van der Waals surface area (Å²) >= 11 is 0. The van der Waals surface area contributed by atoms with Crippen LogP contribution < -0.4 is 4.90 Å². The number of carbonyl (C=O) groups is 1. The summed E-state index contributed by atoms with van der Waals surface area (Å²) in [6.07, 6.45) is 5.28. The SMILES string of the molecule is O=C(O)COC1CCN(c2ccn3nccc3n2)CC1. The van der Waals surface area contributed by atoms with Crippen molar-refractivity contribution >= 4 is 17.4 Å². The number of carboxylic acids is 1. The van der Waals surface area contributed by atoms with Crippen molar-refractivity contribution < 1.29 is 14.6 Å². The molecule has 0 spiro atoms. The molecule has 1 saturated heterocycles. The van der Waals surface area contributed by atoms with Gasteiger partial charge in [0.2, 0.25) is 0 Å². The van der Waals surface area contributed by atoms with E-state index < -0.39 is 5.97 Å². The molecule has 0 atom stereocenters. The van der Waals surface area contributed by atoms with Gasteiger partial charge >= 0.3 is 5.97 Å². The second-order valence-electron chi connectivity index (χ2n) is 4.81. The number of carboxylic acid groups (broad SMARTS) is 1. The van der Waals surface area contributed by atoms with Gasteiger partial charge in [-0.25, -0.2) is 14.3 Å². The summed E-state index contributed by atoms with van der Waals surface area (Å²) in [6, 6.07) is 3.81. The standard InChI is InChI=1S/C13H16N4O3/c18-13(19)9-20-10-2-6-16(7-3-10)11-4-8-17-12(15-11)1-5-14-17/h1,4-5,8,10H,2-3,6-7,9H2,(H,18,19). The quantitative estimate of drug-likeness (QED) is 0.889. The number of aromatic nitrogens is 3. The maximum absolute atomic E-state index is 10.5. The molecule has 0 saturated carbocycles. The number of aliphatic carboxylic acids is 1. The van der Waals surface area contributed by atoms with E-state index in [4.69, 9.17) is 9.84 Å². The Labute approximate surface area is 115 Å². The minimum Gasteiger partial charge on any atom is -0.480 e. The molecule has 7 heteroatoms. The second kappa shape index (κ2) is 5.46. The fraction of sp³-hybridized carbons (Fsp3) is 0.462. The molecule has 7 nitrogen and oxygen atoms in total. The fourth-order valence-electron chi connectivity index (χ4n) is 2.42. The molecule has 3 rings (SSSR count). The Kier molecular flexibility index (Phi) is 3.51. The Balaban J connectivity index is 1.61. The van der Waals surface area contributed by atoms with Gasteiger partial charge < -0.3 is 14.7 Å². The van der Waals surface area contributed by atoms with Gasteiger partial charge in [0.15, 0.2) is 5.65 Å². The number of hydrogen-bond acceptors (Lipinski definition) is 5. The normalized spacial score (nSPS) is 16.7. The predicted octanol–water partition coefficient (Wildman–Crippen LogP) is 0.799. The summed E-state index contributed by atoms with van der Waals surface area (Å²) in [5.74, 6) is 0.00923. The number of fused-ring (bicyclic) bond motifs is 1. The van der Waals surface area contributed by atoms with Crippen LogP contribution in [-0.2, 0) is 9.53 Å². The molecule has 20 heavy (non-hydrogen) atoms. The van der Waals surface area contributed by atoms with Crippen LogP contribution in [0.4, 0.5) is 5.82 Å². The topological polar surface area (TPSA) is 80.0 Å². The highest BCUT2D eigenvalue weighted by atomic mass is 16.5. The van der Waals surface area contributed by atoms with Crippen molar-refractivity contribution in [1.29, 1.82) is 0 Å². The number of nitrogens with zero attached hydrogens (tertiary/aromatic N) is 4. The van der Waals surface area contributed by atoms with Gasteiger partial charge in [0.05, 0.1) is 12.3 Å². The molecule has 1 aliphatic rings. The van der Waals surface area contributed by atoms with Crippen LogP contribution in [0.15, 0.2) is 24.5 Å². The van der Waals surface area contributed by atoms with Gasteiger partial charge in [0.25, 0.3) is 0 Å². The molecule has 0 bridgehead atoms. The molecule has 0 unspecified atom stereocenters. The zero-order chi connectivity index (χ0) is 13.9. The van der Waals surface area contributed by atoms with E-state index in [1.54, 1.807) is 10.7 Å². The number of anilines is 1. The Morgan fingerprint density at radius 2 is 2.20 bits per heavy atom. The molecule has 0 aliphatic carbocycles. The Bertz CT molecular complexity index is 604. The molecule has 1 N–H and O–H groups in total. The molecule has 2 aromatic heterocycles. The Hall–Kier alpha value is -2.15. The lowest BCUT2D eigenvalue weighted by molar-refractivity contribution is -0.144. The van der Waals surface area contributed by atoms with E-state index in [-0.39, 0.29) is 12.7 Å². The second-order valence-corrected chi connectivity index (χ2v) is 4.81. The first-order valence-electron chi connectivity index (χ1n) is 6.61. The average Bonchev–Trinajstić information content (AvgIpc) is 2.93. The fourth-order valence-corrected chi connectivity index (χ4v) is 2.42. The summed E-state index contributed by atoms with van der Waals surface area (Å²) in [6.45, 7) is 1.42. The lowest BCUT2D eigenvalue weighted by atomic mass is 10.1. The predicted molar refractivity (Wildman–Crippen MR) is 71.8 cm³/mol. The van der Waals surface area contributed by atoms with Crippen molar-refractivity contribution in [2.45, 2.75) is 18.9 Å². The molecule has 1 aliphatic heterocycles. The zero-order valence-corrected chi connectivity index (χ0v) is 11.0. The van der Waals surface area contributed by atoms with Crippen LogP contribution in [0.1, 0.15) is 12.8 Å². The third-order valence-electron chi connectivity index (χ3n) is 3.45. The van der Waals surface area contributed by atoms with Gasteiger partial charge in [0.1, 0.15) is 12.4 Å². The molecule has 3 heterocycles. The van der Waals surface area contributed by atoms with Crippen LogP contribution in [0.2, 0.25) is 0 Å². The maximum atomic E-state index is 10.5. The summed E-state index contributed by atoms with van der Waals surface area (Å²) in [7, 11) is 0. The highest BCUT2D eigenvalue weighted by molar-refractivity contribution is 5.68. The summed E-state index contributed by atoms with van der Waals surface area (Å²) in [4.78, 5) is 17.2. The van der Waals surface area contributed by atoms with Crippen LogP contribution in [0.25, 0.3) is 5.65 Å². The van der Waals surface area contributed by atoms with Crippen molar-refractivity contribution in [2.75, 3.05) is 24.6 Å². The highest BCUT2D eigenvalue weighted by Crippen LogP contribution is 2.20. The molecule has 0 amide bonds. The molecule has 106 valence electrons. The van der Waals surface area contributed by atoms with E-state index in [1.807, 2.05) is 18.3 Å². The first-order valence-corrected chi connectivity index (χ1v) is 6.61. The number of rotatable bonds is 4. The van der Waals surface area contributed by atoms with E-state index in [2.05, 4.69) is 15.0 Å². The molecule has 0 radical (unpaired) electrons. The molecule has 1 fully saturated rings. The molecular formula is C13H16N4O3. The van der Waals surface area contributed by atoms with Crippen LogP contribution in [0, 0.1) is 0 Å². The van der Waals surface area contributed by atoms with E-state index in [1.165, 1.54) is 0 Å². The van der Waals surface area contributed by atoms with Crippen molar-refractivity contribution in [3.8, 4) is 0 Å². The van der Waals surface area contributed by atoms with Gasteiger partial charge in [-0.05, 0) is 18.9 Å². The van der Waals surface area contributed by atoms with E-state index in [0.717, 1.165) is 37.4 Å². The third kappa shape index (κ3) is 2.72. The van der Waals surface area contributed by atoms with E-state index >= 15 is 0 Å². The Morgan fingerprint density at radius 3 is 2.95 bits per heavy atom. The van der Waals surface area contributed by atoms with Gasteiger partial charge in [-0.3, -0.25) is 0 Å². The van der Waals surface area contributed by atoms with Gasteiger partial charge in [-0.15, -0.1) is 0 Å².